The van der Waals surface area contributed by atoms with Crippen LogP contribution < -0.4 is 5.32 Å². The number of piperazine rings is 1. The number of para-hydroxylation sites is 1. The number of nitrogens with one attached hydrogen (secondary N) is 1. The first-order valence-electron chi connectivity index (χ1n) is 6.58. The van der Waals surface area contributed by atoms with Gasteiger partial charge in [0.2, 0.25) is 0 Å². The highest BCUT2D eigenvalue weighted by Crippen LogP contribution is 2.20. The van der Waals surface area contributed by atoms with Crippen molar-refractivity contribution in [1.29, 1.82) is 0 Å². The van der Waals surface area contributed by atoms with Crippen LogP contribution in [0.3, 0.4) is 0 Å². The fourth-order valence-corrected chi connectivity index (χ4v) is 2.48. The molecule has 1 N–H and O–H groups in total. The molecule has 0 aromatic heterocycles. The monoisotopic (exact) mass is 267 g/mol. The second kappa shape index (κ2) is 6.41. The number of rotatable bonds is 4. The minimum Gasteiger partial charge on any atom is -0.383 e. The third kappa shape index (κ3) is 3.61. The molecule has 1 aromatic rings. The van der Waals surface area contributed by atoms with Gasteiger partial charge in [0.05, 0.1) is 10.7 Å². The molecule has 3 nitrogen and oxygen atoms in total. The van der Waals surface area contributed by atoms with Gasteiger partial charge in [0.1, 0.15) is 0 Å². The van der Waals surface area contributed by atoms with Gasteiger partial charge in [-0.2, -0.15) is 0 Å². The number of anilines is 1. The fraction of sp³-hybridized carbons (Fsp3) is 0.571. The summed E-state index contributed by atoms with van der Waals surface area (Å²) in [6, 6.07) is 8.55. The van der Waals surface area contributed by atoms with E-state index in [-0.39, 0.29) is 0 Å². The normalized spacial score (nSPS) is 22.1. The minimum atomic E-state index is 0.652. The molecule has 1 unspecified atom stereocenters. The van der Waals surface area contributed by atoms with Crippen molar-refractivity contribution in [2.24, 2.45) is 0 Å². The van der Waals surface area contributed by atoms with Gasteiger partial charge < -0.3 is 10.2 Å². The zero-order valence-corrected chi connectivity index (χ0v) is 12.0. The van der Waals surface area contributed by atoms with Crippen molar-refractivity contribution in [2.75, 3.05) is 45.1 Å². The average molecular weight is 268 g/mol. The molecule has 1 aliphatic heterocycles. The van der Waals surface area contributed by atoms with Crippen LogP contribution in [0.25, 0.3) is 0 Å². The molecule has 1 saturated heterocycles. The number of hydrogen-bond donors (Lipinski definition) is 1. The Kier molecular flexibility index (Phi) is 4.87. The molecule has 4 heteroatoms. The van der Waals surface area contributed by atoms with E-state index in [9.17, 15) is 0 Å². The Morgan fingerprint density at radius 1 is 1.33 bits per heavy atom. The molecular formula is C14H22ClN3. The number of likely N-dealkylation sites (N-methyl/N-ethyl adjacent to an activating group) is 1. The van der Waals surface area contributed by atoms with Crippen molar-refractivity contribution in [2.45, 2.75) is 13.0 Å². The molecule has 1 atom stereocenters. The highest BCUT2D eigenvalue weighted by Gasteiger charge is 2.19. The van der Waals surface area contributed by atoms with Crippen LogP contribution in [-0.2, 0) is 0 Å². The molecule has 0 bridgehead atoms. The number of hydrogen-bond acceptors (Lipinski definition) is 3. The second-order valence-electron chi connectivity index (χ2n) is 5.04. The highest BCUT2D eigenvalue weighted by molar-refractivity contribution is 6.33. The summed E-state index contributed by atoms with van der Waals surface area (Å²) in [5.74, 6) is 0. The lowest BCUT2D eigenvalue weighted by molar-refractivity contribution is 0.108. The lowest BCUT2D eigenvalue weighted by atomic mass is 10.2. The summed E-state index contributed by atoms with van der Waals surface area (Å²) in [5.41, 5.74) is 1.03. The molecule has 0 radical (unpaired) electrons. The van der Waals surface area contributed by atoms with Gasteiger partial charge in [-0.25, -0.2) is 0 Å². The van der Waals surface area contributed by atoms with E-state index in [1.165, 1.54) is 0 Å². The summed E-state index contributed by atoms with van der Waals surface area (Å²) in [4.78, 5) is 4.92. The van der Waals surface area contributed by atoms with Crippen molar-refractivity contribution < 1.29 is 0 Å². The molecular weight excluding hydrogens is 246 g/mol. The largest absolute Gasteiger partial charge is 0.383 e. The molecule has 1 aromatic carbocycles. The Morgan fingerprint density at radius 3 is 2.83 bits per heavy atom. The van der Waals surface area contributed by atoms with Gasteiger partial charge in [-0.1, -0.05) is 23.7 Å². The van der Waals surface area contributed by atoms with Crippen LogP contribution in [0.4, 0.5) is 5.69 Å². The van der Waals surface area contributed by atoms with Gasteiger partial charge in [-0.15, -0.1) is 0 Å². The van der Waals surface area contributed by atoms with E-state index in [1.54, 1.807) is 0 Å². The van der Waals surface area contributed by atoms with Gasteiger partial charge in [-0.05, 0) is 26.1 Å². The Hall–Kier alpha value is -0.770. The third-order valence-electron chi connectivity index (χ3n) is 3.66. The number of nitrogens with zero attached hydrogens (tertiary/aromatic N) is 2. The fourth-order valence-electron chi connectivity index (χ4n) is 2.28. The van der Waals surface area contributed by atoms with E-state index in [2.05, 4.69) is 29.1 Å². The van der Waals surface area contributed by atoms with Crippen molar-refractivity contribution in [3.8, 4) is 0 Å². The zero-order chi connectivity index (χ0) is 13.0. The zero-order valence-electron chi connectivity index (χ0n) is 11.2. The molecule has 2 rings (SSSR count). The minimum absolute atomic E-state index is 0.652. The third-order valence-corrected chi connectivity index (χ3v) is 3.99. The first kappa shape index (κ1) is 13.7. The molecule has 1 aliphatic rings. The van der Waals surface area contributed by atoms with Crippen molar-refractivity contribution in [3.05, 3.63) is 29.3 Å². The van der Waals surface area contributed by atoms with E-state index in [4.69, 9.17) is 11.6 Å². The van der Waals surface area contributed by atoms with Crippen molar-refractivity contribution >= 4 is 17.3 Å². The van der Waals surface area contributed by atoms with Crippen molar-refractivity contribution in [3.63, 3.8) is 0 Å². The Balaban J connectivity index is 1.74. The summed E-state index contributed by atoms with van der Waals surface area (Å²) in [6.07, 6.45) is 0. The van der Waals surface area contributed by atoms with Gasteiger partial charge in [0, 0.05) is 38.8 Å². The predicted octanol–water partition coefficient (Wildman–Crippen LogP) is 2.39. The summed E-state index contributed by atoms with van der Waals surface area (Å²) >= 11 is 6.11. The lowest BCUT2D eigenvalue weighted by Crippen LogP contribution is -2.50. The van der Waals surface area contributed by atoms with Crippen LogP contribution in [0.15, 0.2) is 24.3 Å². The van der Waals surface area contributed by atoms with Crippen LogP contribution in [0.2, 0.25) is 5.02 Å². The molecule has 0 saturated carbocycles. The topological polar surface area (TPSA) is 18.5 Å². The second-order valence-corrected chi connectivity index (χ2v) is 5.44. The molecule has 0 aliphatic carbocycles. The summed E-state index contributed by atoms with van der Waals surface area (Å²) in [5, 5.41) is 4.19. The van der Waals surface area contributed by atoms with Crippen LogP contribution in [0.1, 0.15) is 6.92 Å². The van der Waals surface area contributed by atoms with Gasteiger partial charge in [-0.3, -0.25) is 4.90 Å². The first-order valence-corrected chi connectivity index (χ1v) is 6.95. The van der Waals surface area contributed by atoms with E-state index >= 15 is 0 Å². The predicted molar refractivity (Wildman–Crippen MR) is 78.5 cm³/mol. The van der Waals surface area contributed by atoms with Crippen molar-refractivity contribution in [1.82, 2.24) is 9.80 Å². The Morgan fingerprint density at radius 2 is 2.11 bits per heavy atom. The highest BCUT2D eigenvalue weighted by atomic mass is 35.5. The van der Waals surface area contributed by atoms with Gasteiger partial charge in [0.25, 0.3) is 0 Å². The quantitative estimate of drug-likeness (QED) is 0.904. The van der Waals surface area contributed by atoms with Crippen LogP contribution in [0, 0.1) is 0 Å². The Bertz CT molecular complexity index is 383. The van der Waals surface area contributed by atoms with Crippen LogP contribution >= 0.6 is 11.6 Å². The first-order chi connectivity index (χ1) is 8.66. The Labute approximate surface area is 115 Å². The van der Waals surface area contributed by atoms with Crippen LogP contribution in [0.5, 0.6) is 0 Å². The maximum Gasteiger partial charge on any atom is 0.0637 e. The van der Waals surface area contributed by atoms with E-state index in [1.807, 2.05) is 24.3 Å². The van der Waals surface area contributed by atoms with E-state index in [0.717, 1.165) is 43.4 Å². The molecule has 0 spiro atoms. The number of halogens is 1. The van der Waals surface area contributed by atoms with E-state index in [0.29, 0.717) is 6.04 Å². The summed E-state index contributed by atoms with van der Waals surface area (Å²) < 4.78 is 0. The maximum atomic E-state index is 6.11. The SMILES string of the molecule is CC1CN(CCNc2ccccc2Cl)CCN1C. The molecule has 1 heterocycles. The maximum absolute atomic E-state index is 6.11. The standard InChI is InChI=1S/C14H22ClN3/c1-12-11-18(10-9-17(12)2)8-7-16-14-6-4-3-5-13(14)15/h3-6,12,16H,7-11H2,1-2H3. The van der Waals surface area contributed by atoms with Crippen LogP contribution in [-0.4, -0.2) is 55.6 Å². The van der Waals surface area contributed by atoms with Gasteiger partial charge >= 0.3 is 0 Å². The van der Waals surface area contributed by atoms with E-state index < -0.39 is 0 Å². The average Bonchev–Trinajstić information content (AvgIpc) is 2.36. The summed E-state index contributed by atoms with van der Waals surface area (Å²) in [6.45, 7) is 7.77. The molecule has 0 amide bonds. The van der Waals surface area contributed by atoms with Gasteiger partial charge in [0.15, 0.2) is 0 Å². The molecule has 18 heavy (non-hydrogen) atoms. The summed E-state index contributed by atoms with van der Waals surface area (Å²) in [7, 11) is 2.20. The molecule has 1 fully saturated rings. The smallest absolute Gasteiger partial charge is 0.0637 e. The number of benzene rings is 1. The molecule has 100 valence electrons. The lowest BCUT2D eigenvalue weighted by Gasteiger charge is -2.37.